The molecule has 0 bridgehead atoms. The maximum Gasteiger partial charge on any atom is 0.178 e. The van der Waals surface area contributed by atoms with Gasteiger partial charge in [0.2, 0.25) is 0 Å². The van der Waals surface area contributed by atoms with E-state index in [1.54, 1.807) is 19.1 Å². The van der Waals surface area contributed by atoms with Crippen LogP contribution in [0.2, 0.25) is 0 Å². The lowest BCUT2D eigenvalue weighted by Gasteiger charge is -2.33. The van der Waals surface area contributed by atoms with Gasteiger partial charge in [-0.15, -0.1) is 0 Å². The molecule has 112 valence electrons. The normalized spacial score (nSPS) is 17.4. The number of nitrogens with zero attached hydrogens (tertiary/aromatic N) is 1. The molecule has 2 rings (SSSR count). The number of hydrogen-bond acceptors (Lipinski definition) is 4. The van der Waals surface area contributed by atoms with Gasteiger partial charge in [-0.05, 0) is 56.6 Å². The van der Waals surface area contributed by atoms with Crippen molar-refractivity contribution in [2.45, 2.75) is 24.7 Å². The van der Waals surface area contributed by atoms with Gasteiger partial charge in [-0.2, -0.15) is 0 Å². The van der Waals surface area contributed by atoms with Crippen LogP contribution >= 0.6 is 0 Å². The SMILES string of the molecule is CCS(=O)(=O)c1ccc(N2CCC(CNC)CC2)cc1. The first-order valence-corrected chi connectivity index (χ1v) is 8.94. The molecule has 1 N–H and O–H groups in total. The molecule has 20 heavy (non-hydrogen) atoms. The summed E-state index contributed by atoms with van der Waals surface area (Å²) in [4.78, 5) is 2.77. The summed E-state index contributed by atoms with van der Waals surface area (Å²) in [6.45, 7) is 4.86. The Hall–Kier alpha value is -1.07. The van der Waals surface area contributed by atoms with Gasteiger partial charge in [-0.1, -0.05) is 6.92 Å². The molecule has 0 aliphatic carbocycles. The Kier molecular flexibility index (Phi) is 5.05. The second kappa shape index (κ2) is 6.59. The average Bonchev–Trinajstić information content (AvgIpc) is 2.48. The number of nitrogens with one attached hydrogen (secondary N) is 1. The number of benzene rings is 1. The lowest BCUT2D eigenvalue weighted by atomic mass is 9.96. The molecule has 1 fully saturated rings. The van der Waals surface area contributed by atoms with Gasteiger partial charge in [0.15, 0.2) is 9.84 Å². The number of hydrogen-bond donors (Lipinski definition) is 1. The minimum atomic E-state index is -3.09. The summed E-state index contributed by atoms with van der Waals surface area (Å²) in [5, 5.41) is 3.24. The molecule has 4 nitrogen and oxygen atoms in total. The highest BCUT2D eigenvalue weighted by Gasteiger charge is 2.19. The fourth-order valence-electron chi connectivity index (χ4n) is 2.71. The van der Waals surface area contributed by atoms with Crippen LogP contribution in [-0.2, 0) is 9.84 Å². The van der Waals surface area contributed by atoms with Crippen molar-refractivity contribution in [1.29, 1.82) is 0 Å². The standard InChI is InChI=1S/C15H24N2O2S/c1-3-20(18,19)15-6-4-14(5-7-15)17-10-8-13(9-11-17)12-16-2/h4-7,13,16H,3,8-12H2,1-2H3. The summed E-state index contributed by atoms with van der Waals surface area (Å²) in [6, 6.07) is 7.32. The molecule has 1 aliphatic heterocycles. The van der Waals surface area contributed by atoms with E-state index in [-0.39, 0.29) is 5.75 Å². The first-order chi connectivity index (χ1) is 9.56. The summed E-state index contributed by atoms with van der Waals surface area (Å²) >= 11 is 0. The van der Waals surface area contributed by atoms with Crippen molar-refractivity contribution in [1.82, 2.24) is 5.32 Å². The molecule has 0 unspecified atom stereocenters. The predicted molar refractivity (Wildman–Crippen MR) is 83.0 cm³/mol. The Morgan fingerprint density at radius 1 is 1.20 bits per heavy atom. The summed E-state index contributed by atoms with van der Waals surface area (Å²) in [7, 11) is -1.09. The van der Waals surface area contributed by atoms with Gasteiger partial charge in [0.25, 0.3) is 0 Å². The summed E-state index contributed by atoms with van der Waals surface area (Å²) in [5.74, 6) is 0.915. The fourth-order valence-corrected chi connectivity index (χ4v) is 3.60. The van der Waals surface area contributed by atoms with Crippen LogP contribution in [0.5, 0.6) is 0 Å². The van der Waals surface area contributed by atoms with Crippen molar-refractivity contribution >= 4 is 15.5 Å². The fraction of sp³-hybridized carbons (Fsp3) is 0.600. The molecular weight excluding hydrogens is 272 g/mol. The highest BCUT2D eigenvalue weighted by atomic mass is 32.2. The second-order valence-corrected chi connectivity index (χ2v) is 7.66. The van der Waals surface area contributed by atoms with Gasteiger partial charge in [0.05, 0.1) is 10.6 Å². The van der Waals surface area contributed by atoms with Crippen molar-refractivity contribution in [3.8, 4) is 0 Å². The molecule has 1 heterocycles. The van der Waals surface area contributed by atoms with E-state index in [0.29, 0.717) is 4.90 Å². The number of sulfone groups is 1. The van der Waals surface area contributed by atoms with Crippen LogP contribution in [-0.4, -0.2) is 40.9 Å². The third-order valence-electron chi connectivity index (χ3n) is 4.05. The largest absolute Gasteiger partial charge is 0.372 e. The van der Waals surface area contributed by atoms with Gasteiger partial charge in [0, 0.05) is 18.8 Å². The minimum Gasteiger partial charge on any atom is -0.372 e. The third-order valence-corrected chi connectivity index (χ3v) is 5.80. The molecule has 1 aliphatic rings. The molecule has 0 atom stereocenters. The van der Waals surface area contributed by atoms with Crippen molar-refractivity contribution < 1.29 is 8.42 Å². The first kappa shape index (κ1) is 15.3. The molecule has 1 aromatic carbocycles. The number of piperidine rings is 1. The van der Waals surface area contributed by atoms with Gasteiger partial charge in [0.1, 0.15) is 0 Å². The quantitative estimate of drug-likeness (QED) is 0.902. The van der Waals surface area contributed by atoms with Gasteiger partial charge >= 0.3 is 0 Å². The Morgan fingerprint density at radius 2 is 1.80 bits per heavy atom. The van der Waals surface area contributed by atoms with Crippen LogP contribution in [0.25, 0.3) is 0 Å². The van der Waals surface area contributed by atoms with Crippen LogP contribution in [0.1, 0.15) is 19.8 Å². The Labute approximate surface area is 122 Å². The maximum absolute atomic E-state index is 11.8. The molecule has 0 aromatic heterocycles. The second-order valence-electron chi connectivity index (χ2n) is 5.39. The van der Waals surface area contributed by atoms with Gasteiger partial charge in [-0.3, -0.25) is 0 Å². The molecule has 0 spiro atoms. The molecule has 5 heteroatoms. The monoisotopic (exact) mass is 296 g/mol. The Bertz CT molecular complexity index is 517. The topological polar surface area (TPSA) is 49.4 Å². The lowest BCUT2D eigenvalue weighted by Crippen LogP contribution is -2.36. The van der Waals surface area contributed by atoms with Crippen molar-refractivity contribution in [3.05, 3.63) is 24.3 Å². The summed E-state index contributed by atoms with van der Waals surface area (Å²) < 4.78 is 23.6. The molecular formula is C15H24N2O2S. The van der Waals surface area contributed by atoms with Crippen molar-refractivity contribution in [3.63, 3.8) is 0 Å². The Balaban J connectivity index is 2.01. The zero-order valence-corrected chi connectivity index (χ0v) is 13.1. The molecule has 0 radical (unpaired) electrons. The predicted octanol–water partition coefficient (Wildman–Crippen LogP) is 1.92. The van der Waals surface area contributed by atoms with Crippen LogP contribution in [0.4, 0.5) is 5.69 Å². The highest BCUT2D eigenvalue weighted by Crippen LogP contribution is 2.24. The summed E-state index contributed by atoms with van der Waals surface area (Å²) in [6.07, 6.45) is 2.38. The highest BCUT2D eigenvalue weighted by molar-refractivity contribution is 7.91. The van der Waals surface area contributed by atoms with Crippen molar-refractivity contribution in [2.24, 2.45) is 5.92 Å². The first-order valence-electron chi connectivity index (χ1n) is 7.29. The zero-order valence-electron chi connectivity index (χ0n) is 12.3. The van der Waals surface area contributed by atoms with Crippen LogP contribution < -0.4 is 10.2 Å². The van der Waals surface area contributed by atoms with E-state index in [4.69, 9.17) is 0 Å². The van der Waals surface area contributed by atoms with Gasteiger partial charge < -0.3 is 10.2 Å². The molecule has 0 amide bonds. The summed E-state index contributed by atoms with van der Waals surface area (Å²) in [5.41, 5.74) is 1.13. The van der Waals surface area contributed by atoms with E-state index >= 15 is 0 Å². The van der Waals surface area contributed by atoms with Crippen LogP contribution in [0.15, 0.2) is 29.2 Å². The van der Waals surface area contributed by atoms with Crippen molar-refractivity contribution in [2.75, 3.05) is 37.3 Å². The number of rotatable bonds is 5. The minimum absolute atomic E-state index is 0.155. The van der Waals surface area contributed by atoms with E-state index in [9.17, 15) is 8.42 Å². The van der Waals surface area contributed by atoms with Crippen LogP contribution in [0.3, 0.4) is 0 Å². The van der Waals surface area contributed by atoms with E-state index in [1.807, 2.05) is 19.2 Å². The lowest BCUT2D eigenvalue weighted by molar-refractivity contribution is 0.393. The molecule has 0 saturated carbocycles. The van der Waals surface area contributed by atoms with E-state index < -0.39 is 9.84 Å². The maximum atomic E-state index is 11.8. The molecule has 1 saturated heterocycles. The van der Waals surface area contributed by atoms with E-state index in [0.717, 1.165) is 31.2 Å². The zero-order chi connectivity index (χ0) is 14.6. The van der Waals surface area contributed by atoms with Gasteiger partial charge in [-0.25, -0.2) is 8.42 Å². The smallest absolute Gasteiger partial charge is 0.178 e. The average molecular weight is 296 g/mol. The molecule has 1 aromatic rings. The van der Waals surface area contributed by atoms with Crippen LogP contribution in [0, 0.1) is 5.92 Å². The third kappa shape index (κ3) is 3.52. The number of anilines is 1. The van der Waals surface area contributed by atoms with E-state index in [2.05, 4.69) is 10.2 Å². The van der Waals surface area contributed by atoms with E-state index in [1.165, 1.54) is 12.8 Å². The Morgan fingerprint density at radius 3 is 2.30 bits per heavy atom.